The fourth-order valence-corrected chi connectivity index (χ4v) is 8.79. The lowest BCUT2D eigenvalue weighted by Crippen LogP contribution is -2.61. The van der Waals surface area contributed by atoms with Crippen molar-refractivity contribution < 1.29 is 27.1 Å². The van der Waals surface area contributed by atoms with Crippen LogP contribution in [0.4, 0.5) is 10.2 Å². The maximum atomic E-state index is 14.4. The first-order valence-corrected chi connectivity index (χ1v) is 19.1. The number of halogens is 1. The highest BCUT2D eigenvalue weighted by molar-refractivity contribution is 7.89. The molecule has 0 bridgehead atoms. The lowest BCUT2D eigenvalue weighted by Gasteiger charge is -2.54. The molecule has 0 saturated carbocycles. The number of nitrogens with zero attached hydrogens (tertiary/aromatic N) is 6. The molecule has 1 aromatic carbocycles. The summed E-state index contributed by atoms with van der Waals surface area (Å²) in [6, 6.07) is 6.08. The Labute approximate surface area is 298 Å². The average Bonchev–Trinajstić information content (AvgIpc) is 3.07. The summed E-state index contributed by atoms with van der Waals surface area (Å²) in [5, 5.41) is 0. The standard InChI is InChI=1S/C36H48FN7O6S/c1-24(2)44(25(3)4)35(46)30-16-26(37)6-10-31(30)50-32-17-38-23-39-34(32)43-21-36(22-43)12-14-42(15-13-36)18-28-8-7-27(20-49-28)40-51(47,48)29-9-11-33(45)41(5)19-29/h6,9-11,16-17,19,23-25,27-28,40H,7-8,12-15,18,20-22H2,1-5H3/t27-,28+/m1/s1. The number of carbonyl (C=O) groups excluding carboxylic acids is 1. The number of anilines is 1. The molecule has 1 N–H and O–H groups in total. The van der Waals surface area contributed by atoms with Gasteiger partial charge in [-0.15, -0.1) is 0 Å². The second-order valence-corrected chi connectivity index (χ2v) is 16.4. The molecule has 3 aliphatic rings. The number of benzene rings is 1. The molecule has 3 aliphatic heterocycles. The zero-order chi connectivity index (χ0) is 36.5. The van der Waals surface area contributed by atoms with Crippen LogP contribution in [0, 0.1) is 11.2 Å². The third kappa shape index (κ3) is 8.27. The maximum absolute atomic E-state index is 14.4. The number of pyridine rings is 1. The monoisotopic (exact) mass is 725 g/mol. The Hall–Kier alpha value is -3.92. The Bertz CT molecular complexity index is 1870. The molecule has 1 spiro atoms. The molecular formula is C36H48FN7O6S. The smallest absolute Gasteiger partial charge is 0.258 e. The second-order valence-electron chi connectivity index (χ2n) is 14.7. The van der Waals surface area contributed by atoms with Crippen LogP contribution in [0.1, 0.15) is 63.7 Å². The molecule has 3 fully saturated rings. The van der Waals surface area contributed by atoms with E-state index < -0.39 is 15.8 Å². The number of hydrogen-bond acceptors (Lipinski definition) is 10. The molecule has 51 heavy (non-hydrogen) atoms. The fraction of sp³-hybridized carbons (Fsp3) is 0.556. The average molecular weight is 726 g/mol. The molecule has 3 saturated heterocycles. The number of aromatic nitrogens is 3. The summed E-state index contributed by atoms with van der Waals surface area (Å²) in [6.07, 6.45) is 7.90. The molecule has 276 valence electrons. The van der Waals surface area contributed by atoms with Gasteiger partial charge in [0.25, 0.3) is 5.91 Å². The van der Waals surface area contributed by atoms with Crippen LogP contribution in [-0.4, -0.2) is 102 Å². The number of likely N-dealkylation sites (tertiary alicyclic amines) is 1. The highest BCUT2D eigenvalue weighted by atomic mass is 32.2. The third-order valence-electron chi connectivity index (χ3n) is 10.2. The lowest BCUT2D eigenvalue weighted by molar-refractivity contribution is -0.0299. The number of amides is 1. The van der Waals surface area contributed by atoms with Crippen molar-refractivity contribution in [2.24, 2.45) is 12.5 Å². The molecule has 1 amide bonds. The number of nitrogens with one attached hydrogen (secondary N) is 1. The van der Waals surface area contributed by atoms with Gasteiger partial charge in [0, 0.05) is 62.5 Å². The van der Waals surface area contributed by atoms with Crippen LogP contribution in [0.5, 0.6) is 11.5 Å². The Morgan fingerprint density at radius 1 is 1.10 bits per heavy atom. The van der Waals surface area contributed by atoms with Gasteiger partial charge in [-0.05, 0) is 90.7 Å². The number of piperidine rings is 1. The van der Waals surface area contributed by atoms with Crippen molar-refractivity contribution in [1.82, 2.24) is 29.1 Å². The topological polar surface area (TPSA) is 139 Å². The van der Waals surface area contributed by atoms with Gasteiger partial charge in [-0.2, -0.15) is 0 Å². The van der Waals surface area contributed by atoms with E-state index in [0.29, 0.717) is 24.6 Å². The van der Waals surface area contributed by atoms with Crippen molar-refractivity contribution >= 4 is 21.7 Å². The number of hydrogen-bond donors (Lipinski definition) is 1. The Kier molecular flexibility index (Phi) is 10.8. The molecule has 2 aromatic heterocycles. The summed E-state index contributed by atoms with van der Waals surface area (Å²) in [5.41, 5.74) is 0.0376. The van der Waals surface area contributed by atoms with Gasteiger partial charge in [-0.25, -0.2) is 27.5 Å². The molecule has 5 heterocycles. The number of rotatable bonds is 11. The van der Waals surface area contributed by atoms with Crippen molar-refractivity contribution in [2.75, 3.05) is 44.2 Å². The van der Waals surface area contributed by atoms with E-state index in [-0.39, 0.29) is 57.3 Å². The Morgan fingerprint density at radius 3 is 2.47 bits per heavy atom. The van der Waals surface area contributed by atoms with Crippen LogP contribution >= 0.6 is 0 Å². The first kappa shape index (κ1) is 36.9. The maximum Gasteiger partial charge on any atom is 0.258 e. The van der Waals surface area contributed by atoms with Crippen LogP contribution in [-0.2, 0) is 21.8 Å². The van der Waals surface area contributed by atoms with Gasteiger partial charge in [0.15, 0.2) is 11.6 Å². The first-order valence-electron chi connectivity index (χ1n) is 17.6. The van der Waals surface area contributed by atoms with Crippen LogP contribution in [0.2, 0.25) is 0 Å². The lowest BCUT2D eigenvalue weighted by atomic mass is 9.72. The summed E-state index contributed by atoms with van der Waals surface area (Å²) in [7, 11) is -2.24. The molecule has 0 aliphatic carbocycles. The van der Waals surface area contributed by atoms with Gasteiger partial charge >= 0.3 is 0 Å². The minimum Gasteiger partial charge on any atom is -0.451 e. The van der Waals surface area contributed by atoms with Gasteiger partial charge in [0.1, 0.15) is 17.9 Å². The molecule has 13 nitrogen and oxygen atoms in total. The van der Waals surface area contributed by atoms with Crippen LogP contribution in [0.15, 0.2) is 58.7 Å². The van der Waals surface area contributed by atoms with Crippen LogP contribution in [0.25, 0.3) is 0 Å². The van der Waals surface area contributed by atoms with E-state index in [2.05, 4.69) is 24.5 Å². The SMILES string of the molecule is CC(C)N(C(=O)c1cc(F)ccc1Oc1cncnc1N1CC2(CCN(C[C@@H]3CC[C@@H](NS(=O)(=O)c4ccc(=O)n(C)c4)CO3)CC2)C1)C(C)C. The Morgan fingerprint density at radius 2 is 1.82 bits per heavy atom. The zero-order valence-corrected chi connectivity index (χ0v) is 30.7. The van der Waals surface area contributed by atoms with Gasteiger partial charge in [0.2, 0.25) is 15.6 Å². The first-order chi connectivity index (χ1) is 24.2. The quantitative estimate of drug-likeness (QED) is 0.311. The summed E-state index contributed by atoms with van der Waals surface area (Å²) in [4.78, 5) is 40.3. The molecular weight excluding hydrogens is 678 g/mol. The van der Waals surface area contributed by atoms with Crippen LogP contribution in [0.3, 0.4) is 0 Å². The van der Waals surface area contributed by atoms with E-state index in [1.165, 1.54) is 54.5 Å². The minimum atomic E-state index is -3.76. The number of ether oxygens (including phenoxy) is 2. The minimum absolute atomic E-state index is 0.0346. The summed E-state index contributed by atoms with van der Waals surface area (Å²) < 4.78 is 56.4. The third-order valence-corrected chi connectivity index (χ3v) is 11.7. The number of carbonyl (C=O) groups is 1. The molecule has 15 heteroatoms. The zero-order valence-electron chi connectivity index (χ0n) is 29.9. The summed E-state index contributed by atoms with van der Waals surface area (Å²) in [6.45, 7) is 12.3. The highest BCUT2D eigenvalue weighted by Gasteiger charge is 2.46. The van der Waals surface area contributed by atoms with Crippen molar-refractivity contribution in [3.63, 3.8) is 0 Å². The molecule has 0 radical (unpaired) electrons. The number of sulfonamides is 1. The highest BCUT2D eigenvalue weighted by Crippen LogP contribution is 2.45. The van der Waals surface area contributed by atoms with E-state index in [9.17, 15) is 22.4 Å². The molecule has 2 atom stereocenters. The fourth-order valence-electron chi connectivity index (χ4n) is 7.49. The summed E-state index contributed by atoms with van der Waals surface area (Å²) in [5.74, 6) is 0.493. The van der Waals surface area contributed by atoms with E-state index in [1.807, 2.05) is 27.7 Å². The van der Waals surface area contributed by atoms with Crippen molar-refractivity contribution in [2.45, 2.75) is 82.5 Å². The van der Waals surface area contributed by atoms with E-state index in [4.69, 9.17) is 9.47 Å². The van der Waals surface area contributed by atoms with Crippen molar-refractivity contribution in [3.05, 3.63) is 70.8 Å². The van der Waals surface area contributed by atoms with Crippen molar-refractivity contribution in [3.8, 4) is 11.5 Å². The van der Waals surface area contributed by atoms with Crippen molar-refractivity contribution in [1.29, 1.82) is 0 Å². The van der Waals surface area contributed by atoms with Gasteiger partial charge < -0.3 is 28.7 Å². The van der Waals surface area contributed by atoms with E-state index in [1.54, 1.807) is 11.1 Å². The van der Waals surface area contributed by atoms with E-state index >= 15 is 0 Å². The van der Waals surface area contributed by atoms with Gasteiger partial charge in [-0.3, -0.25) is 9.59 Å². The summed E-state index contributed by atoms with van der Waals surface area (Å²) >= 11 is 0. The second kappa shape index (κ2) is 15.0. The van der Waals surface area contributed by atoms with Gasteiger partial charge in [-0.1, -0.05) is 0 Å². The molecule has 6 rings (SSSR count). The largest absolute Gasteiger partial charge is 0.451 e. The van der Waals surface area contributed by atoms with E-state index in [0.717, 1.165) is 52.0 Å². The van der Waals surface area contributed by atoms with Crippen LogP contribution < -0.4 is 19.9 Å². The predicted octanol–water partition coefficient (Wildman–Crippen LogP) is 3.79. The normalized spacial score (nSPS) is 20.8. The molecule has 3 aromatic rings. The Balaban J connectivity index is 1.00. The molecule has 0 unspecified atom stereocenters. The predicted molar refractivity (Wildman–Crippen MR) is 190 cm³/mol. The number of aryl methyl sites for hydroxylation is 1. The van der Waals surface area contributed by atoms with Gasteiger partial charge in [0.05, 0.1) is 29.4 Å².